The van der Waals surface area contributed by atoms with Gasteiger partial charge in [-0.2, -0.15) is 0 Å². The summed E-state index contributed by atoms with van der Waals surface area (Å²) in [6.45, 7) is 2.15. The molecule has 0 saturated carbocycles. The molecule has 1 heterocycles. The van der Waals surface area contributed by atoms with Crippen LogP contribution >= 0.6 is 0 Å². The molecule has 0 aliphatic carbocycles. The zero-order chi connectivity index (χ0) is 13.8. The van der Waals surface area contributed by atoms with E-state index in [4.69, 9.17) is 5.73 Å². The van der Waals surface area contributed by atoms with E-state index in [0.717, 1.165) is 12.8 Å². The summed E-state index contributed by atoms with van der Waals surface area (Å²) in [5.41, 5.74) is 6.92. The molecule has 2 amide bonds. The first-order valence-corrected chi connectivity index (χ1v) is 6.52. The molecule has 0 aromatic heterocycles. The van der Waals surface area contributed by atoms with Crippen molar-refractivity contribution < 1.29 is 9.59 Å². The predicted octanol–water partition coefficient (Wildman–Crippen LogP) is 1.61. The van der Waals surface area contributed by atoms with Crippen LogP contribution in [0.3, 0.4) is 0 Å². The van der Waals surface area contributed by atoms with Crippen LogP contribution in [0.5, 0.6) is 0 Å². The smallest absolute Gasteiger partial charge is 0.247 e. The number of nitrogens with two attached hydrogens (primary N) is 1. The van der Waals surface area contributed by atoms with E-state index in [1.54, 1.807) is 17.0 Å². The highest BCUT2D eigenvalue weighted by Crippen LogP contribution is 2.21. The summed E-state index contributed by atoms with van der Waals surface area (Å²) in [7, 11) is 0. The van der Waals surface area contributed by atoms with E-state index in [2.05, 4.69) is 5.32 Å². The minimum atomic E-state index is -0.383. The van der Waals surface area contributed by atoms with E-state index in [1.807, 2.05) is 12.1 Å². The second kappa shape index (κ2) is 5.73. The third kappa shape index (κ3) is 3.05. The van der Waals surface area contributed by atoms with Gasteiger partial charge in [-0.15, -0.1) is 0 Å². The van der Waals surface area contributed by atoms with Gasteiger partial charge in [-0.3, -0.25) is 9.59 Å². The number of hydrogen-bond acceptors (Lipinski definition) is 3. The van der Waals surface area contributed by atoms with Crippen LogP contribution in [-0.4, -0.2) is 29.3 Å². The highest BCUT2D eigenvalue weighted by Gasteiger charge is 2.30. The number of anilines is 2. The molecule has 2 rings (SSSR count). The molecule has 3 N–H and O–H groups in total. The third-order valence-electron chi connectivity index (χ3n) is 3.43. The van der Waals surface area contributed by atoms with Gasteiger partial charge in [0, 0.05) is 13.5 Å². The summed E-state index contributed by atoms with van der Waals surface area (Å²) in [6, 6.07) is 6.74. The zero-order valence-corrected chi connectivity index (χ0v) is 11.1. The van der Waals surface area contributed by atoms with Crippen molar-refractivity contribution in [2.75, 3.05) is 17.6 Å². The maximum atomic E-state index is 12.3. The van der Waals surface area contributed by atoms with Crippen LogP contribution in [-0.2, 0) is 9.59 Å². The van der Waals surface area contributed by atoms with Gasteiger partial charge in [-0.05, 0) is 31.4 Å². The lowest BCUT2D eigenvalue weighted by Gasteiger charge is -2.34. The second-order valence-electron chi connectivity index (χ2n) is 4.80. The molecular weight excluding hydrogens is 242 g/mol. The van der Waals surface area contributed by atoms with Crippen LogP contribution in [0.25, 0.3) is 0 Å². The molecule has 5 heteroatoms. The second-order valence-corrected chi connectivity index (χ2v) is 4.80. The van der Waals surface area contributed by atoms with Gasteiger partial charge in [0.05, 0.1) is 11.4 Å². The van der Waals surface area contributed by atoms with E-state index >= 15 is 0 Å². The lowest BCUT2D eigenvalue weighted by molar-refractivity contribution is -0.138. The number of likely N-dealkylation sites (tertiary alicyclic amines) is 1. The fraction of sp³-hybridized carbons (Fsp3) is 0.429. The Bertz CT molecular complexity index is 487. The van der Waals surface area contributed by atoms with Gasteiger partial charge in [0.2, 0.25) is 11.8 Å². The quantitative estimate of drug-likeness (QED) is 0.794. The van der Waals surface area contributed by atoms with E-state index in [1.165, 1.54) is 6.92 Å². The van der Waals surface area contributed by atoms with Gasteiger partial charge in [-0.1, -0.05) is 12.1 Å². The van der Waals surface area contributed by atoms with Crippen LogP contribution in [0.2, 0.25) is 0 Å². The molecule has 102 valence electrons. The summed E-state index contributed by atoms with van der Waals surface area (Å²) in [6.07, 6.45) is 2.63. The van der Waals surface area contributed by atoms with E-state index in [-0.39, 0.29) is 17.9 Å². The number of nitrogens with zero attached hydrogens (tertiary/aromatic N) is 1. The van der Waals surface area contributed by atoms with Crippen LogP contribution in [0.4, 0.5) is 11.4 Å². The Morgan fingerprint density at radius 2 is 2.05 bits per heavy atom. The molecule has 1 aliphatic heterocycles. The van der Waals surface area contributed by atoms with Crippen molar-refractivity contribution in [3.8, 4) is 0 Å². The van der Waals surface area contributed by atoms with E-state index < -0.39 is 0 Å². The topological polar surface area (TPSA) is 75.4 Å². The number of hydrogen-bond donors (Lipinski definition) is 2. The summed E-state index contributed by atoms with van der Waals surface area (Å²) < 4.78 is 0. The van der Waals surface area contributed by atoms with E-state index in [9.17, 15) is 9.59 Å². The van der Waals surface area contributed by atoms with Crippen molar-refractivity contribution in [1.82, 2.24) is 4.90 Å². The summed E-state index contributed by atoms with van der Waals surface area (Å²) >= 11 is 0. The molecule has 0 spiro atoms. The SMILES string of the molecule is CC(=O)N1CCCCC1C(=O)Nc1ccccc1N. The average molecular weight is 261 g/mol. The minimum Gasteiger partial charge on any atom is -0.397 e. The Kier molecular flexibility index (Phi) is 4.04. The van der Waals surface area contributed by atoms with Gasteiger partial charge in [0.25, 0.3) is 0 Å². The van der Waals surface area contributed by atoms with Gasteiger partial charge in [0.1, 0.15) is 6.04 Å². The van der Waals surface area contributed by atoms with Crippen LogP contribution in [0.15, 0.2) is 24.3 Å². The van der Waals surface area contributed by atoms with Gasteiger partial charge in [-0.25, -0.2) is 0 Å². The Balaban J connectivity index is 2.10. The van der Waals surface area contributed by atoms with Crippen molar-refractivity contribution in [2.24, 2.45) is 0 Å². The molecular formula is C14H19N3O2. The molecule has 1 atom stereocenters. The molecule has 0 radical (unpaired) electrons. The monoisotopic (exact) mass is 261 g/mol. The molecule has 19 heavy (non-hydrogen) atoms. The summed E-state index contributed by atoms with van der Waals surface area (Å²) in [5, 5.41) is 2.81. The van der Waals surface area contributed by atoms with Crippen molar-refractivity contribution in [3.05, 3.63) is 24.3 Å². The number of para-hydroxylation sites is 2. The molecule has 1 saturated heterocycles. The van der Waals surface area contributed by atoms with Gasteiger partial charge < -0.3 is 16.0 Å². The van der Waals surface area contributed by atoms with Crippen LogP contribution < -0.4 is 11.1 Å². The third-order valence-corrected chi connectivity index (χ3v) is 3.43. The van der Waals surface area contributed by atoms with Crippen molar-refractivity contribution in [1.29, 1.82) is 0 Å². The van der Waals surface area contributed by atoms with Gasteiger partial charge >= 0.3 is 0 Å². The summed E-state index contributed by atoms with van der Waals surface area (Å²) in [4.78, 5) is 25.5. The number of piperidine rings is 1. The number of nitrogens with one attached hydrogen (secondary N) is 1. The standard InChI is InChI=1S/C14H19N3O2/c1-10(18)17-9-5-4-8-13(17)14(19)16-12-7-3-2-6-11(12)15/h2-3,6-7,13H,4-5,8-9,15H2,1H3,(H,16,19). The molecule has 1 unspecified atom stereocenters. The Morgan fingerprint density at radius 3 is 2.74 bits per heavy atom. The number of rotatable bonds is 2. The first kappa shape index (κ1) is 13.4. The Hall–Kier alpha value is -2.04. The number of benzene rings is 1. The van der Waals surface area contributed by atoms with Crippen LogP contribution in [0, 0.1) is 0 Å². The highest BCUT2D eigenvalue weighted by molar-refractivity contribution is 5.99. The number of carbonyl (C=O) groups is 2. The number of amides is 2. The fourth-order valence-corrected chi connectivity index (χ4v) is 2.41. The molecule has 5 nitrogen and oxygen atoms in total. The Labute approximate surface area is 112 Å². The lowest BCUT2D eigenvalue weighted by atomic mass is 10.0. The lowest BCUT2D eigenvalue weighted by Crippen LogP contribution is -2.49. The Morgan fingerprint density at radius 1 is 1.32 bits per heavy atom. The first-order chi connectivity index (χ1) is 9.09. The molecule has 0 bridgehead atoms. The van der Waals surface area contributed by atoms with Gasteiger partial charge in [0.15, 0.2) is 0 Å². The van der Waals surface area contributed by atoms with Crippen molar-refractivity contribution in [3.63, 3.8) is 0 Å². The highest BCUT2D eigenvalue weighted by atomic mass is 16.2. The molecule has 1 fully saturated rings. The number of nitrogen functional groups attached to an aromatic ring is 1. The predicted molar refractivity (Wildman–Crippen MR) is 74.5 cm³/mol. The van der Waals surface area contributed by atoms with Crippen molar-refractivity contribution >= 4 is 23.2 Å². The molecule has 1 aromatic carbocycles. The fourth-order valence-electron chi connectivity index (χ4n) is 2.41. The normalized spacial score (nSPS) is 19.0. The van der Waals surface area contributed by atoms with Crippen LogP contribution in [0.1, 0.15) is 26.2 Å². The zero-order valence-electron chi connectivity index (χ0n) is 11.1. The average Bonchev–Trinajstić information content (AvgIpc) is 2.41. The van der Waals surface area contributed by atoms with Crippen molar-refractivity contribution in [2.45, 2.75) is 32.2 Å². The summed E-state index contributed by atoms with van der Waals surface area (Å²) in [5.74, 6) is -0.214. The minimum absolute atomic E-state index is 0.0547. The van der Waals surface area contributed by atoms with E-state index in [0.29, 0.717) is 24.3 Å². The molecule has 1 aromatic rings. The largest absolute Gasteiger partial charge is 0.397 e. The number of carbonyl (C=O) groups excluding carboxylic acids is 2. The maximum absolute atomic E-state index is 12.3. The molecule has 1 aliphatic rings. The maximum Gasteiger partial charge on any atom is 0.247 e. The first-order valence-electron chi connectivity index (χ1n) is 6.52.